The minimum atomic E-state index is -0.481. The second-order valence-electron chi connectivity index (χ2n) is 6.58. The van der Waals surface area contributed by atoms with Gasteiger partial charge in [0.25, 0.3) is 5.91 Å². The number of benzene rings is 3. The van der Waals surface area contributed by atoms with Crippen LogP contribution in [0.3, 0.4) is 0 Å². The van der Waals surface area contributed by atoms with Crippen molar-refractivity contribution in [1.29, 1.82) is 0 Å². The first-order valence-electron chi connectivity index (χ1n) is 9.52. The lowest BCUT2D eigenvalue weighted by atomic mass is 10.0. The summed E-state index contributed by atoms with van der Waals surface area (Å²) in [5.41, 5.74) is 4.70. The van der Waals surface area contributed by atoms with Crippen LogP contribution in [-0.2, 0) is 4.79 Å². The maximum atomic E-state index is 12.6. The molecule has 30 heavy (non-hydrogen) atoms. The first-order valence-corrected chi connectivity index (χ1v) is 9.52. The third kappa shape index (κ3) is 6.04. The molecule has 0 heterocycles. The van der Waals surface area contributed by atoms with Crippen LogP contribution < -0.4 is 15.5 Å². The van der Waals surface area contributed by atoms with Crippen molar-refractivity contribution < 1.29 is 14.3 Å². The van der Waals surface area contributed by atoms with Crippen LogP contribution in [0.2, 0.25) is 0 Å². The van der Waals surface area contributed by atoms with Gasteiger partial charge in [0.2, 0.25) is 5.91 Å². The summed E-state index contributed by atoms with van der Waals surface area (Å²) in [6.45, 7) is 0. The minimum Gasteiger partial charge on any atom is -0.497 e. The average molecular weight is 401 g/mol. The van der Waals surface area contributed by atoms with Gasteiger partial charge in [-0.15, -0.1) is 0 Å². The van der Waals surface area contributed by atoms with Crippen molar-refractivity contribution in [3.8, 4) is 5.75 Å². The van der Waals surface area contributed by atoms with E-state index in [0.717, 1.165) is 11.1 Å². The van der Waals surface area contributed by atoms with Gasteiger partial charge in [0.1, 0.15) is 5.75 Å². The Kier molecular flexibility index (Phi) is 7.33. The van der Waals surface area contributed by atoms with E-state index in [0.29, 0.717) is 11.3 Å². The van der Waals surface area contributed by atoms with Gasteiger partial charge in [0, 0.05) is 5.56 Å². The molecule has 3 aromatic rings. The number of hydrogen-bond donors (Lipinski definition) is 2. The summed E-state index contributed by atoms with van der Waals surface area (Å²) in [6, 6.07) is 25.1. The van der Waals surface area contributed by atoms with Crippen molar-refractivity contribution in [3.05, 3.63) is 102 Å². The minimum absolute atomic E-state index is 0.0536. The van der Waals surface area contributed by atoms with Crippen molar-refractivity contribution in [1.82, 2.24) is 10.7 Å². The van der Waals surface area contributed by atoms with Gasteiger partial charge in [0.15, 0.2) is 0 Å². The maximum absolute atomic E-state index is 12.6. The number of nitrogens with zero attached hydrogens (tertiary/aromatic N) is 1. The number of methoxy groups -OCH3 is 1. The second kappa shape index (κ2) is 10.6. The van der Waals surface area contributed by atoms with Crippen LogP contribution in [0, 0.1) is 0 Å². The van der Waals surface area contributed by atoms with Crippen molar-refractivity contribution >= 4 is 18.0 Å². The molecule has 0 aliphatic heterocycles. The van der Waals surface area contributed by atoms with Crippen LogP contribution in [0.4, 0.5) is 0 Å². The van der Waals surface area contributed by atoms with Crippen LogP contribution in [0.25, 0.3) is 0 Å². The number of rotatable bonds is 8. The van der Waals surface area contributed by atoms with E-state index < -0.39 is 6.04 Å². The summed E-state index contributed by atoms with van der Waals surface area (Å²) in [6.07, 6.45) is 1.60. The Morgan fingerprint density at radius 2 is 1.67 bits per heavy atom. The molecular weight excluding hydrogens is 378 g/mol. The quantitative estimate of drug-likeness (QED) is 0.446. The van der Waals surface area contributed by atoms with E-state index in [9.17, 15) is 9.59 Å². The van der Waals surface area contributed by atoms with Gasteiger partial charge in [-0.1, -0.05) is 60.7 Å². The van der Waals surface area contributed by atoms with Gasteiger partial charge in [-0.2, -0.15) is 5.10 Å². The van der Waals surface area contributed by atoms with E-state index in [4.69, 9.17) is 4.74 Å². The molecule has 0 saturated carbocycles. The molecular formula is C24H23N3O3. The van der Waals surface area contributed by atoms with E-state index in [-0.39, 0.29) is 18.2 Å². The Hall–Kier alpha value is -3.93. The van der Waals surface area contributed by atoms with Gasteiger partial charge < -0.3 is 10.1 Å². The van der Waals surface area contributed by atoms with Gasteiger partial charge in [0.05, 0.1) is 25.8 Å². The normalized spacial score (nSPS) is 11.6. The summed E-state index contributed by atoms with van der Waals surface area (Å²) in [5.74, 6) is 0.159. The Morgan fingerprint density at radius 1 is 0.967 bits per heavy atom. The van der Waals surface area contributed by atoms with E-state index in [1.807, 2.05) is 60.7 Å². The van der Waals surface area contributed by atoms with Crippen LogP contribution >= 0.6 is 0 Å². The second-order valence-corrected chi connectivity index (χ2v) is 6.58. The Balaban J connectivity index is 1.65. The lowest BCUT2D eigenvalue weighted by Gasteiger charge is -2.18. The number of carbonyl (C=O) groups excluding carboxylic acids is 2. The standard InChI is InChI=1S/C24H23N3O3/c1-30-21-14-8-9-18(15-21)17-25-27-23(28)16-22(19-10-4-2-5-11-19)26-24(29)20-12-6-3-7-13-20/h2-15,17,22H,16H2,1H3,(H,26,29)(H,27,28)/b25-17-/t22-/m0/s1. The fourth-order valence-electron chi connectivity index (χ4n) is 2.90. The van der Waals surface area contributed by atoms with Crippen LogP contribution in [0.1, 0.15) is 33.9 Å². The molecule has 6 heteroatoms. The molecule has 2 amide bonds. The molecule has 0 saturated heterocycles. The third-order valence-corrected chi connectivity index (χ3v) is 4.43. The Morgan fingerprint density at radius 3 is 2.37 bits per heavy atom. The smallest absolute Gasteiger partial charge is 0.251 e. The van der Waals surface area contributed by atoms with Crippen molar-refractivity contribution in [3.63, 3.8) is 0 Å². The third-order valence-electron chi connectivity index (χ3n) is 4.43. The monoisotopic (exact) mass is 401 g/mol. The molecule has 0 unspecified atom stereocenters. The van der Waals surface area contributed by atoms with Crippen molar-refractivity contribution in [2.75, 3.05) is 7.11 Å². The van der Waals surface area contributed by atoms with Crippen molar-refractivity contribution in [2.24, 2.45) is 5.10 Å². The fraction of sp³-hybridized carbons (Fsp3) is 0.125. The van der Waals surface area contributed by atoms with Gasteiger partial charge in [-0.05, 0) is 35.4 Å². The highest BCUT2D eigenvalue weighted by molar-refractivity contribution is 5.94. The molecule has 0 fully saturated rings. The SMILES string of the molecule is COc1cccc(/C=N\NC(=O)C[C@H](NC(=O)c2ccccc2)c2ccccc2)c1. The van der Waals surface area contributed by atoms with E-state index >= 15 is 0 Å². The van der Waals surface area contributed by atoms with Crippen LogP contribution in [0.15, 0.2) is 90.0 Å². The highest BCUT2D eigenvalue weighted by Gasteiger charge is 2.19. The molecule has 3 rings (SSSR count). The largest absolute Gasteiger partial charge is 0.497 e. The molecule has 6 nitrogen and oxygen atoms in total. The molecule has 0 aromatic heterocycles. The highest BCUT2D eigenvalue weighted by Crippen LogP contribution is 2.17. The fourth-order valence-corrected chi connectivity index (χ4v) is 2.90. The molecule has 0 aliphatic carbocycles. The first kappa shape index (κ1) is 20.8. The predicted octanol–water partition coefficient (Wildman–Crippen LogP) is 3.71. The number of nitrogens with one attached hydrogen (secondary N) is 2. The number of carbonyl (C=O) groups is 2. The average Bonchev–Trinajstić information content (AvgIpc) is 2.80. The number of hydrazone groups is 1. The van der Waals surface area contributed by atoms with Crippen LogP contribution in [-0.4, -0.2) is 25.1 Å². The van der Waals surface area contributed by atoms with Gasteiger partial charge in [-0.3, -0.25) is 9.59 Å². The maximum Gasteiger partial charge on any atom is 0.251 e. The number of amides is 2. The molecule has 0 spiro atoms. The first-order chi connectivity index (χ1) is 14.7. The van der Waals surface area contributed by atoms with E-state index in [1.165, 1.54) is 0 Å². The Bertz CT molecular complexity index is 1000. The lowest BCUT2D eigenvalue weighted by molar-refractivity contribution is -0.121. The van der Waals surface area contributed by atoms with Crippen LogP contribution in [0.5, 0.6) is 5.75 Å². The highest BCUT2D eigenvalue weighted by atomic mass is 16.5. The molecule has 152 valence electrons. The number of hydrogen-bond acceptors (Lipinski definition) is 4. The zero-order chi connectivity index (χ0) is 21.2. The van der Waals surface area contributed by atoms with Gasteiger partial charge >= 0.3 is 0 Å². The molecule has 0 aliphatic rings. The molecule has 0 bridgehead atoms. The van der Waals surface area contributed by atoms with Crippen molar-refractivity contribution in [2.45, 2.75) is 12.5 Å². The predicted molar refractivity (Wildman–Crippen MR) is 116 cm³/mol. The summed E-state index contributed by atoms with van der Waals surface area (Å²) in [4.78, 5) is 25.0. The van der Waals surface area contributed by atoms with E-state index in [2.05, 4.69) is 15.8 Å². The topological polar surface area (TPSA) is 79.8 Å². The summed E-state index contributed by atoms with van der Waals surface area (Å²) < 4.78 is 5.17. The molecule has 0 radical (unpaired) electrons. The zero-order valence-electron chi connectivity index (χ0n) is 16.6. The van der Waals surface area contributed by atoms with Gasteiger partial charge in [-0.25, -0.2) is 5.43 Å². The summed E-state index contributed by atoms with van der Waals surface area (Å²) in [7, 11) is 1.59. The molecule has 3 aromatic carbocycles. The zero-order valence-corrected chi connectivity index (χ0v) is 16.6. The lowest BCUT2D eigenvalue weighted by Crippen LogP contribution is -2.32. The van der Waals surface area contributed by atoms with E-state index in [1.54, 1.807) is 37.6 Å². The summed E-state index contributed by atoms with van der Waals surface area (Å²) in [5, 5.41) is 6.94. The number of ether oxygens (including phenoxy) is 1. The summed E-state index contributed by atoms with van der Waals surface area (Å²) >= 11 is 0. The Labute approximate surface area is 175 Å². The molecule has 1 atom stereocenters. The molecule has 2 N–H and O–H groups in total.